The van der Waals surface area contributed by atoms with E-state index >= 15 is 0 Å². The average molecular weight is 307 g/mol. The van der Waals surface area contributed by atoms with Gasteiger partial charge in [-0.05, 0) is 56.0 Å². The van der Waals surface area contributed by atoms with E-state index in [-0.39, 0.29) is 6.04 Å². The van der Waals surface area contributed by atoms with E-state index in [1.807, 2.05) is 6.07 Å². The van der Waals surface area contributed by atoms with Crippen LogP contribution in [0.15, 0.2) is 23.1 Å². The molecule has 0 aromatic heterocycles. The lowest BCUT2D eigenvalue weighted by Gasteiger charge is -2.44. The third kappa shape index (κ3) is 2.45. The van der Waals surface area contributed by atoms with Crippen LogP contribution in [0.25, 0.3) is 0 Å². The fourth-order valence-electron chi connectivity index (χ4n) is 3.80. The van der Waals surface area contributed by atoms with Crippen LogP contribution in [0.2, 0.25) is 0 Å². The van der Waals surface area contributed by atoms with E-state index in [1.165, 1.54) is 5.56 Å². The van der Waals surface area contributed by atoms with Crippen LogP contribution in [0.4, 0.5) is 5.69 Å². The molecule has 4 aliphatic heterocycles. The largest absolute Gasteiger partial charge is 0.384 e. The number of benzene rings is 1. The summed E-state index contributed by atoms with van der Waals surface area (Å²) in [6.07, 6.45) is 3.20. The van der Waals surface area contributed by atoms with Gasteiger partial charge in [0, 0.05) is 24.8 Å². The molecule has 2 bridgehead atoms. The van der Waals surface area contributed by atoms with E-state index in [2.05, 4.69) is 14.9 Å². The Morgan fingerprint density at radius 1 is 1.24 bits per heavy atom. The Bertz CT molecular complexity index is 651. The zero-order valence-electron chi connectivity index (χ0n) is 12.0. The number of anilines is 1. The summed E-state index contributed by atoms with van der Waals surface area (Å²) in [5, 5.41) is 3.24. The van der Waals surface area contributed by atoms with E-state index in [4.69, 9.17) is 0 Å². The van der Waals surface area contributed by atoms with Crippen molar-refractivity contribution in [3.8, 4) is 0 Å². The second kappa shape index (κ2) is 4.97. The highest BCUT2D eigenvalue weighted by atomic mass is 32.2. The van der Waals surface area contributed by atoms with Crippen molar-refractivity contribution in [2.24, 2.45) is 5.92 Å². The molecule has 0 spiro atoms. The lowest BCUT2D eigenvalue weighted by molar-refractivity contribution is 0.0827. The normalized spacial score (nSPS) is 31.0. The summed E-state index contributed by atoms with van der Waals surface area (Å²) in [5.41, 5.74) is 2.17. The number of hydrogen-bond acceptors (Lipinski definition) is 4. The summed E-state index contributed by atoms with van der Waals surface area (Å²) in [5.74, 6) is 0.498. The molecule has 1 unspecified atom stereocenters. The minimum atomic E-state index is -3.42. The SMILES string of the molecule is O=S(=O)(NC1CN2CCC1CC2)c1ccc2c(c1)NCC2. The third-order valence-electron chi connectivity index (χ3n) is 5.06. The molecular formula is C15H21N3O2S. The second-order valence-electron chi connectivity index (χ2n) is 6.36. The fourth-order valence-corrected chi connectivity index (χ4v) is 5.12. The molecule has 0 saturated carbocycles. The Kier molecular flexibility index (Phi) is 3.20. The quantitative estimate of drug-likeness (QED) is 0.875. The van der Waals surface area contributed by atoms with Gasteiger partial charge in [0.05, 0.1) is 4.90 Å². The van der Waals surface area contributed by atoms with Gasteiger partial charge in [0.15, 0.2) is 0 Å². The van der Waals surface area contributed by atoms with Crippen molar-refractivity contribution in [2.45, 2.75) is 30.2 Å². The summed E-state index contributed by atoms with van der Waals surface area (Å²) < 4.78 is 28.2. The Hall–Kier alpha value is -1.11. The van der Waals surface area contributed by atoms with Crippen molar-refractivity contribution in [1.29, 1.82) is 0 Å². The maximum Gasteiger partial charge on any atom is 0.240 e. The highest BCUT2D eigenvalue weighted by molar-refractivity contribution is 7.89. The minimum absolute atomic E-state index is 0.0683. The summed E-state index contributed by atoms with van der Waals surface area (Å²) >= 11 is 0. The van der Waals surface area contributed by atoms with Crippen LogP contribution in [-0.2, 0) is 16.4 Å². The monoisotopic (exact) mass is 307 g/mol. The van der Waals surface area contributed by atoms with E-state index in [9.17, 15) is 8.42 Å². The minimum Gasteiger partial charge on any atom is -0.384 e. The molecule has 1 aromatic rings. The zero-order chi connectivity index (χ0) is 14.4. The van der Waals surface area contributed by atoms with Crippen LogP contribution in [0.1, 0.15) is 18.4 Å². The van der Waals surface area contributed by atoms with Gasteiger partial charge in [0.2, 0.25) is 10.0 Å². The molecule has 1 aromatic carbocycles. The lowest BCUT2D eigenvalue weighted by Crippen LogP contribution is -2.57. The molecule has 4 heterocycles. The van der Waals surface area contributed by atoms with Gasteiger partial charge in [0.1, 0.15) is 0 Å². The number of rotatable bonds is 3. The average Bonchev–Trinajstić information content (AvgIpc) is 2.95. The molecule has 5 nitrogen and oxygen atoms in total. The Labute approximate surface area is 125 Å². The van der Waals surface area contributed by atoms with Crippen LogP contribution >= 0.6 is 0 Å². The van der Waals surface area contributed by atoms with Gasteiger partial charge in [0.25, 0.3) is 0 Å². The van der Waals surface area contributed by atoms with E-state index in [0.717, 1.165) is 51.1 Å². The van der Waals surface area contributed by atoms with Gasteiger partial charge in [-0.1, -0.05) is 6.07 Å². The molecular weight excluding hydrogens is 286 g/mol. The first kappa shape index (κ1) is 13.5. The van der Waals surface area contributed by atoms with Gasteiger partial charge in [-0.25, -0.2) is 13.1 Å². The molecule has 0 amide bonds. The van der Waals surface area contributed by atoms with Crippen LogP contribution in [0.3, 0.4) is 0 Å². The fraction of sp³-hybridized carbons (Fsp3) is 0.600. The summed E-state index contributed by atoms with van der Waals surface area (Å²) in [7, 11) is -3.42. The number of nitrogens with zero attached hydrogens (tertiary/aromatic N) is 1. The van der Waals surface area contributed by atoms with Crippen molar-refractivity contribution < 1.29 is 8.42 Å². The molecule has 1 atom stereocenters. The van der Waals surface area contributed by atoms with Gasteiger partial charge < -0.3 is 10.2 Å². The van der Waals surface area contributed by atoms with Gasteiger partial charge in [-0.2, -0.15) is 0 Å². The Morgan fingerprint density at radius 2 is 2.05 bits per heavy atom. The number of fused-ring (bicyclic) bond motifs is 4. The van der Waals surface area contributed by atoms with Crippen LogP contribution in [-0.4, -0.2) is 45.5 Å². The standard InChI is InChI=1S/C15H21N3O2S/c19-21(20,13-2-1-11-3-6-16-14(11)9-13)17-15-10-18-7-4-12(15)5-8-18/h1-2,9,12,15-17H,3-8,10H2. The highest BCUT2D eigenvalue weighted by Gasteiger charge is 2.36. The summed E-state index contributed by atoms with van der Waals surface area (Å²) in [4.78, 5) is 2.74. The Morgan fingerprint density at radius 3 is 2.76 bits per heavy atom. The maximum atomic E-state index is 12.6. The van der Waals surface area contributed by atoms with Crippen molar-refractivity contribution in [1.82, 2.24) is 9.62 Å². The molecule has 0 aliphatic carbocycles. The topological polar surface area (TPSA) is 61.4 Å². The van der Waals surface area contributed by atoms with Crippen LogP contribution in [0, 0.1) is 5.92 Å². The lowest BCUT2D eigenvalue weighted by atomic mass is 9.85. The predicted octanol–water partition coefficient (Wildman–Crippen LogP) is 1.03. The zero-order valence-corrected chi connectivity index (χ0v) is 12.8. The molecule has 5 rings (SSSR count). The van der Waals surface area contributed by atoms with Crippen molar-refractivity contribution in [3.05, 3.63) is 23.8 Å². The third-order valence-corrected chi connectivity index (χ3v) is 6.55. The number of piperidine rings is 3. The maximum absolute atomic E-state index is 12.6. The first-order chi connectivity index (χ1) is 10.1. The van der Waals surface area contributed by atoms with E-state index in [1.54, 1.807) is 12.1 Å². The van der Waals surface area contributed by atoms with E-state index < -0.39 is 10.0 Å². The van der Waals surface area contributed by atoms with E-state index in [0.29, 0.717) is 10.8 Å². The molecule has 0 radical (unpaired) electrons. The smallest absolute Gasteiger partial charge is 0.240 e. The molecule has 3 saturated heterocycles. The van der Waals surface area contributed by atoms with Gasteiger partial charge >= 0.3 is 0 Å². The molecule has 6 heteroatoms. The molecule has 2 N–H and O–H groups in total. The summed E-state index contributed by atoms with van der Waals surface area (Å²) in [6.45, 7) is 3.98. The molecule has 4 aliphatic rings. The summed E-state index contributed by atoms with van der Waals surface area (Å²) in [6, 6.07) is 5.50. The number of hydrogen-bond donors (Lipinski definition) is 2. The molecule has 114 valence electrons. The van der Waals surface area contributed by atoms with Crippen LogP contribution < -0.4 is 10.0 Å². The molecule has 21 heavy (non-hydrogen) atoms. The number of nitrogens with one attached hydrogen (secondary N) is 2. The second-order valence-corrected chi connectivity index (χ2v) is 8.08. The first-order valence-corrected chi connectivity index (χ1v) is 9.22. The first-order valence-electron chi connectivity index (χ1n) is 7.73. The Balaban J connectivity index is 1.56. The number of sulfonamides is 1. The van der Waals surface area contributed by atoms with Crippen molar-refractivity contribution >= 4 is 15.7 Å². The van der Waals surface area contributed by atoms with Crippen LogP contribution in [0.5, 0.6) is 0 Å². The highest BCUT2D eigenvalue weighted by Crippen LogP contribution is 2.30. The molecule has 3 fully saturated rings. The predicted molar refractivity (Wildman–Crippen MR) is 81.9 cm³/mol. The van der Waals surface area contributed by atoms with Crippen molar-refractivity contribution in [2.75, 3.05) is 31.5 Å². The van der Waals surface area contributed by atoms with Crippen molar-refractivity contribution in [3.63, 3.8) is 0 Å². The van der Waals surface area contributed by atoms with Gasteiger partial charge in [-0.15, -0.1) is 0 Å². The van der Waals surface area contributed by atoms with Gasteiger partial charge in [-0.3, -0.25) is 0 Å².